The second-order valence-electron chi connectivity index (χ2n) is 4.93. The Kier molecular flexibility index (Phi) is 5.43. The Morgan fingerprint density at radius 3 is 2.83 bits per heavy atom. The lowest BCUT2D eigenvalue weighted by atomic mass is 10.1. The summed E-state index contributed by atoms with van der Waals surface area (Å²) in [5.41, 5.74) is 3.88. The van der Waals surface area contributed by atoms with Crippen molar-refractivity contribution in [1.29, 1.82) is 0 Å². The summed E-state index contributed by atoms with van der Waals surface area (Å²) < 4.78 is 10.9. The first-order chi connectivity index (χ1) is 11.3. The van der Waals surface area contributed by atoms with Gasteiger partial charge in [0.1, 0.15) is 4.88 Å². The fourth-order valence-electron chi connectivity index (χ4n) is 2.14. The molecule has 0 amide bonds. The molecule has 0 aliphatic carbocycles. The van der Waals surface area contributed by atoms with E-state index in [9.17, 15) is 0 Å². The van der Waals surface area contributed by atoms with Gasteiger partial charge >= 0.3 is 0 Å². The average Bonchev–Trinajstić information content (AvgIpc) is 3.21. The van der Waals surface area contributed by atoms with Gasteiger partial charge in [0.25, 0.3) is 5.89 Å². The van der Waals surface area contributed by atoms with E-state index < -0.39 is 0 Å². The minimum absolute atomic E-state index is 0.0660. The maximum Gasteiger partial charge on any atom is 0.269 e. The van der Waals surface area contributed by atoms with Crippen LogP contribution in [0.4, 0.5) is 0 Å². The second-order valence-corrected chi connectivity index (χ2v) is 6.82. The van der Waals surface area contributed by atoms with Crippen molar-refractivity contribution in [2.75, 3.05) is 12.9 Å². The van der Waals surface area contributed by atoms with Crippen molar-refractivity contribution in [3.05, 3.63) is 52.9 Å². The van der Waals surface area contributed by atoms with E-state index >= 15 is 0 Å². The minimum Gasteiger partial charge on any atom is -0.376 e. The summed E-state index contributed by atoms with van der Waals surface area (Å²) in [7, 11) is 1.73. The number of hydrogen-bond donors (Lipinski definition) is 0. The molecule has 3 aromatic rings. The van der Waals surface area contributed by atoms with Gasteiger partial charge in [-0.1, -0.05) is 35.5 Å². The number of hydrogen-bond acceptors (Lipinski definition) is 7. The lowest BCUT2D eigenvalue weighted by molar-refractivity contribution is 0.123. The van der Waals surface area contributed by atoms with E-state index in [1.807, 2.05) is 25.1 Å². The zero-order chi connectivity index (χ0) is 16.1. The van der Waals surface area contributed by atoms with E-state index in [1.165, 1.54) is 16.9 Å². The number of aromatic nitrogens is 3. The summed E-state index contributed by atoms with van der Waals surface area (Å²) in [6, 6.07) is 10.2. The molecule has 120 valence electrons. The smallest absolute Gasteiger partial charge is 0.269 e. The van der Waals surface area contributed by atoms with Crippen LogP contribution in [0.5, 0.6) is 0 Å². The van der Waals surface area contributed by atoms with E-state index in [-0.39, 0.29) is 6.10 Å². The number of thiazole rings is 1. The van der Waals surface area contributed by atoms with Gasteiger partial charge in [0.15, 0.2) is 5.82 Å². The Morgan fingerprint density at radius 2 is 2.13 bits per heavy atom. The Labute approximate surface area is 143 Å². The summed E-state index contributed by atoms with van der Waals surface area (Å²) in [4.78, 5) is 9.58. The molecule has 0 radical (unpaired) electrons. The molecule has 7 heteroatoms. The molecule has 5 nitrogen and oxygen atoms in total. The third-order valence-corrected chi connectivity index (χ3v) is 5.28. The van der Waals surface area contributed by atoms with Crippen molar-refractivity contribution in [3.8, 4) is 10.8 Å². The van der Waals surface area contributed by atoms with Crippen LogP contribution < -0.4 is 0 Å². The molecule has 23 heavy (non-hydrogen) atoms. The first kappa shape index (κ1) is 16.2. The highest BCUT2D eigenvalue weighted by Crippen LogP contribution is 2.27. The largest absolute Gasteiger partial charge is 0.376 e. The molecule has 0 fully saturated rings. The van der Waals surface area contributed by atoms with E-state index in [0.717, 1.165) is 16.3 Å². The number of thioether (sulfide) groups is 1. The lowest BCUT2D eigenvalue weighted by Gasteiger charge is -2.14. The van der Waals surface area contributed by atoms with Gasteiger partial charge in [0.2, 0.25) is 0 Å². The van der Waals surface area contributed by atoms with Crippen LogP contribution in [0, 0.1) is 6.92 Å². The number of methoxy groups -OCH3 is 1. The maximum atomic E-state index is 5.56. The molecule has 0 bridgehead atoms. The van der Waals surface area contributed by atoms with Crippen LogP contribution in [-0.4, -0.2) is 28.0 Å². The molecule has 1 aromatic carbocycles. The zero-order valence-electron chi connectivity index (χ0n) is 12.9. The van der Waals surface area contributed by atoms with Gasteiger partial charge in [-0.25, -0.2) is 4.98 Å². The van der Waals surface area contributed by atoms with E-state index in [1.54, 1.807) is 24.4 Å². The first-order valence-electron chi connectivity index (χ1n) is 7.16. The summed E-state index contributed by atoms with van der Waals surface area (Å²) in [5.74, 6) is 2.77. The molecule has 2 heterocycles. The fourth-order valence-corrected chi connectivity index (χ4v) is 3.82. The van der Waals surface area contributed by atoms with Crippen molar-refractivity contribution in [2.45, 2.75) is 18.8 Å². The quantitative estimate of drug-likeness (QED) is 0.640. The molecule has 0 unspecified atom stereocenters. The van der Waals surface area contributed by atoms with Crippen molar-refractivity contribution in [2.24, 2.45) is 0 Å². The molecule has 2 aromatic heterocycles. The van der Waals surface area contributed by atoms with Gasteiger partial charge in [-0.05, 0) is 12.5 Å². The Morgan fingerprint density at radius 1 is 1.30 bits per heavy atom. The predicted molar refractivity (Wildman–Crippen MR) is 92.5 cm³/mol. The lowest BCUT2D eigenvalue weighted by Crippen LogP contribution is -2.04. The minimum atomic E-state index is 0.0660. The van der Waals surface area contributed by atoms with Crippen LogP contribution in [0.1, 0.15) is 23.2 Å². The number of ether oxygens (including phenoxy) is 1. The molecule has 3 rings (SSSR count). The zero-order valence-corrected chi connectivity index (χ0v) is 14.6. The van der Waals surface area contributed by atoms with Crippen LogP contribution in [0.2, 0.25) is 0 Å². The number of nitrogens with zero attached hydrogens (tertiary/aromatic N) is 3. The summed E-state index contributed by atoms with van der Waals surface area (Å²) in [6.07, 6.45) is 0.0660. The Hall–Kier alpha value is -1.70. The van der Waals surface area contributed by atoms with Gasteiger partial charge < -0.3 is 9.26 Å². The van der Waals surface area contributed by atoms with E-state index in [2.05, 4.69) is 27.3 Å². The molecule has 0 saturated carbocycles. The predicted octanol–water partition coefficient (Wildman–Crippen LogP) is 4.12. The third kappa shape index (κ3) is 3.99. The summed E-state index contributed by atoms with van der Waals surface area (Å²) >= 11 is 3.24. The van der Waals surface area contributed by atoms with Gasteiger partial charge in [0, 0.05) is 12.9 Å². The van der Waals surface area contributed by atoms with Crippen LogP contribution in [0.15, 0.2) is 40.4 Å². The van der Waals surface area contributed by atoms with Crippen molar-refractivity contribution in [3.63, 3.8) is 0 Å². The highest BCUT2D eigenvalue weighted by Gasteiger charge is 2.15. The highest BCUT2D eigenvalue weighted by molar-refractivity contribution is 7.98. The highest BCUT2D eigenvalue weighted by atomic mass is 32.2. The number of benzene rings is 1. The van der Waals surface area contributed by atoms with Gasteiger partial charge in [-0.3, -0.25) is 0 Å². The van der Waals surface area contributed by atoms with Crippen LogP contribution in [0.25, 0.3) is 10.8 Å². The van der Waals surface area contributed by atoms with E-state index in [0.29, 0.717) is 17.5 Å². The summed E-state index contributed by atoms with van der Waals surface area (Å²) in [6.45, 7) is 1.94. The normalized spacial score (nSPS) is 12.4. The van der Waals surface area contributed by atoms with Gasteiger partial charge in [-0.15, -0.1) is 11.3 Å². The van der Waals surface area contributed by atoms with Crippen molar-refractivity contribution < 1.29 is 9.26 Å². The van der Waals surface area contributed by atoms with Gasteiger partial charge in [-0.2, -0.15) is 16.7 Å². The first-order valence-corrected chi connectivity index (χ1v) is 9.20. The second kappa shape index (κ2) is 7.72. The molecule has 0 saturated heterocycles. The third-order valence-electron chi connectivity index (χ3n) is 3.36. The monoisotopic (exact) mass is 347 g/mol. The Balaban J connectivity index is 1.57. The van der Waals surface area contributed by atoms with Gasteiger partial charge in [0.05, 0.1) is 23.1 Å². The van der Waals surface area contributed by atoms with Crippen molar-refractivity contribution >= 4 is 23.1 Å². The molecule has 0 aliphatic rings. The topological polar surface area (TPSA) is 61.0 Å². The molecule has 0 N–H and O–H groups in total. The number of rotatable bonds is 7. The average molecular weight is 347 g/mol. The SMILES string of the molecule is CO[C@@H](CSCc1noc(-c2scnc2C)n1)c1ccccc1. The fraction of sp³-hybridized carbons (Fsp3) is 0.312. The van der Waals surface area contributed by atoms with Crippen LogP contribution >= 0.6 is 23.1 Å². The van der Waals surface area contributed by atoms with Crippen LogP contribution in [0.3, 0.4) is 0 Å². The van der Waals surface area contributed by atoms with Crippen molar-refractivity contribution in [1.82, 2.24) is 15.1 Å². The molecular formula is C16H17N3O2S2. The molecule has 0 spiro atoms. The standard InChI is InChI=1S/C16H17N3O2S2/c1-11-15(23-10-17-11)16-18-14(19-21-16)9-22-8-13(20-2)12-6-4-3-5-7-12/h3-7,10,13H,8-9H2,1-2H3/t13-/m0/s1. The molecule has 1 atom stereocenters. The maximum absolute atomic E-state index is 5.56. The molecule has 0 aliphatic heterocycles. The van der Waals surface area contributed by atoms with E-state index in [4.69, 9.17) is 9.26 Å². The summed E-state index contributed by atoms with van der Waals surface area (Å²) in [5, 5.41) is 4.04. The number of aryl methyl sites for hydroxylation is 1. The molecular weight excluding hydrogens is 330 g/mol. The Bertz CT molecular complexity index is 743. The van der Waals surface area contributed by atoms with Crippen LogP contribution in [-0.2, 0) is 10.5 Å².